The lowest BCUT2D eigenvalue weighted by atomic mass is 10.0. The van der Waals surface area contributed by atoms with Crippen LogP contribution in [0.15, 0.2) is 67.0 Å². The Morgan fingerprint density at radius 3 is 2.06 bits per heavy atom. The summed E-state index contributed by atoms with van der Waals surface area (Å²) in [5, 5.41) is 4.21. The number of rotatable bonds is 3. The molecule has 0 saturated carbocycles. The maximum atomic E-state index is 13.0. The molecule has 162 valence electrons. The van der Waals surface area contributed by atoms with Crippen LogP contribution < -0.4 is 0 Å². The van der Waals surface area contributed by atoms with E-state index in [4.69, 9.17) is 0 Å². The molecule has 3 nitrogen and oxygen atoms in total. The number of alkyl halides is 6. The van der Waals surface area contributed by atoms with Crippen molar-refractivity contribution in [3.05, 3.63) is 83.7 Å². The van der Waals surface area contributed by atoms with Crippen molar-refractivity contribution in [1.82, 2.24) is 14.8 Å². The van der Waals surface area contributed by atoms with Crippen LogP contribution in [0.3, 0.4) is 0 Å². The van der Waals surface area contributed by atoms with E-state index in [0.29, 0.717) is 27.7 Å². The molecule has 0 radical (unpaired) electrons. The number of hydrogen-bond acceptors (Lipinski definition) is 2. The summed E-state index contributed by atoms with van der Waals surface area (Å²) in [5.74, 6) is 0. The SMILES string of the molecule is Cl.FC(F)(F)c1ccc(Cn2ncc3ncc(-c4cccc(C(F)(F)F)c4)cc32)cc1. The average Bonchev–Trinajstić information content (AvgIpc) is 3.09. The second-order valence-electron chi connectivity index (χ2n) is 6.70. The van der Waals surface area contributed by atoms with Crippen molar-refractivity contribution in [2.45, 2.75) is 18.9 Å². The van der Waals surface area contributed by atoms with Gasteiger partial charge >= 0.3 is 12.4 Å². The molecule has 0 spiro atoms. The Kier molecular flexibility index (Phi) is 6.00. The first-order valence-electron chi connectivity index (χ1n) is 8.76. The zero-order valence-corrected chi connectivity index (χ0v) is 16.4. The molecule has 10 heteroatoms. The standard InChI is InChI=1S/C21H13F6N3.ClH/c22-20(23,24)16-6-4-13(5-7-16)12-30-19-9-15(10-28-18(19)11-29-30)14-2-1-3-17(8-14)21(25,26)27;/h1-11H,12H2;1H. The molecular weight excluding hydrogens is 444 g/mol. The van der Waals surface area contributed by atoms with Gasteiger partial charge in [0.1, 0.15) is 5.52 Å². The molecule has 0 aliphatic carbocycles. The van der Waals surface area contributed by atoms with E-state index in [1.165, 1.54) is 30.6 Å². The molecule has 0 bridgehead atoms. The number of hydrogen-bond donors (Lipinski definition) is 0. The fraction of sp³-hybridized carbons (Fsp3) is 0.143. The molecule has 0 fully saturated rings. The van der Waals surface area contributed by atoms with Crippen LogP contribution in [-0.4, -0.2) is 14.8 Å². The third-order valence-corrected chi connectivity index (χ3v) is 4.63. The summed E-state index contributed by atoms with van der Waals surface area (Å²) in [7, 11) is 0. The molecule has 2 aromatic heterocycles. The molecule has 0 atom stereocenters. The van der Waals surface area contributed by atoms with Gasteiger partial charge in [-0.05, 0) is 41.5 Å². The van der Waals surface area contributed by atoms with Crippen molar-refractivity contribution >= 4 is 23.4 Å². The van der Waals surface area contributed by atoms with Gasteiger partial charge in [0.05, 0.1) is 29.4 Å². The molecule has 2 heterocycles. The number of nitrogens with zero attached hydrogens (tertiary/aromatic N) is 3. The minimum atomic E-state index is -4.46. The second kappa shape index (κ2) is 8.22. The largest absolute Gasteiger partial charge is 0.416 e. The predicted octanol–water partition coefficient (Wildman–Crippen LogP) is 6.61. The molecule has 0 N–H and O–H groups in total. The van der Waals surface area contributed by atoms with Gasteiger partial charge in [-0.3, -0.25) is 9.67 Å². The summed E-state index contributed by atoms with van der Waals surface area (Å²) in [4.78, 5) is 4.24. The van der Waals surface area contributed by atoms with Gasteiger partial charge in [-0.15, -0.1) is 12.4 Å². The zero-order chi connectivity index (χ0) is 21.5. The molecule has 0 amide bonds. The molecule has 0 aliphatic heterocycles. The summed E-state index contributed by atoms with van der Waals surface area (Å²) in [6.07, 6.45) is -5.92. The highest BCUT2D eigenvalue weighted by Gasteiger charge is 2.31. The van der Waals surface area contributed by atoms with E-state index in [2.05, 4.69) is 10.1 Å². The van der Waals surface area contributed by atoms with Gasteiger partial charge in [0, 0.05) is 11.8 Å². The fourth-order valence-electron chi connectivity index (χ4n) is 3.09. The quantitative estimate of drug-likeness (QED) is 0.324. The average molecular weight is 458 g/mol. The van der Waals surface area contributed by atoms with E-state index in [1.54, 1.807) is 16.8 Å². The Bertz CT molecular complexity index is 1200. The van der Waals surface area contributed by atoms with Crippen LogP contribution in [0, 0.1) is 0 Å². The fourth-order valence-corrected chi connectivity index (χ4v) is 3.09. The normalized spacial score (nSPS) is 12.1. The maximum Gasteiger partial charge on any atom is 0.416 e. The maximum absolute atomic E-state index is 13.0. The van der Waals surface area contributed by atoms with Crippen molar-refractivity contribution in [2.75, 3.05) is 0 Å². The summed E-state index contributed by atoms with van der Waals surface area (Å²) in [6.45, 7) is 0.190. The van der Waals surface area contributed by atoms with Crippen LogP contribution in [0.5, 0.6) is 0 Å². The number of pyridine rings is 1. The highest BCUT2D eigenvalue weighted by atomic mass is 35.5. The smallest absolute Gasteiger partial charge is 0.259 e. The summed E-state index contributed by atoms with van der Waals surface area (Å²) in [6, 6.07) is 11.3. The summed E-state index contributed by atoms with van der Waals surface area (Å²) in [5.41, 5.74) is 0.993. The van der Waals surface area contributed by atoms with Gasteiger partial charge in [0.2, 0.25) is 0 Å². The Morgan fingerprint density at radius 1 is 0.742 bits per heavy atom. The first-order valence-corrected chi connectivity index (χ1v) is 8.76. The lowest BCUT2D eigenvalue weighted by molar-refractivity contribution is -0.138. The third-order valence-electron chi connectivity index (χ3n) is 4.63. The topological polar surface area (TPSA) is 30.7 Å². The summed E-state index contributed by atoms with van der Waals surface area (Å²) >= 11 is 0. The van der Waals surface area contributed by atoms with Crippen LogP contribution in [0.2, 0.25) is 0 Å². The van der Waals surface area contributed by atoms with Crippen LogP contribution in [0.25, 0.3) is 22.2 Å². The van der Waals surface area contributed by atoms with Crippen molar-refractivity contribution in [3.63, 3.8) is 0 Å². The molecule has 0 saturated heterocycles. The Labute approximate surface area is 178 Å². The first-order chi connectivity index (χ1) is 14.1. The van der Waals surface area contributed by atoms with Gasteiger partial charge in [0.15, 0.2) is 0 Å². The highest BCUT2D eigenvalue weighted by molar-refractivity contribution is 5.85. The molecule has 2 aromatic carbocycles. The minimum Gasteiger partial charge on any atom is -0.259 e. The highest BCUT2D eigenvalue weighted by Crippen LogP contribution is 2.33. The van der Waals surface area contributed by atoms with E-state index in [1.807, 2.05) is 0 Å². The van der Waals surface area contributed by atoms with E-state index < -0.39 is 23.5 Å². The number of aromatic nitrogens is 3. The van der Waals surface area contributed by atoms with Crippen LogP contribution in [-0.2, 0) is 18.9 Å². The first kappa shape index (κ1) is 22.6. The van der Waals surface area contributed by atoms with E-state index in [0.717, 1.165) is 24.3 Å². The van der Waals surface area contributed by atoms with Gasteiger partial charge in [-0.25, -0.2) is 0 Å². The van der Waals surface area contributed by atoms with Crippen molar-refractivity contribution in [1.29, 1.82) is 0 Å². The molecule has 4 rings (SSSR count). The minimum absolute atomic E-state index is 0. The van der Waals surface area contributed by atoms with Gasteiger partial charge in [-0.2, -0.15) is 31.4 Å². The Morgan fingerprint density at radius 2 is 1.42 bits per heavy atom. The van der Waals surface area contributed by atoms with Crippen molar-refractivity contribution in [2.24, 2.45) is 0 Å². The van der Waals surface area contributed by atoms with Crippen molar-refractivity contribution in [3.8, 4) is 11.1 Å². The lowest BCUT2D eigenvalue weighted by Gasteiger charge is -2.10. The molecule has 0 unspecified atom stereocenters. The van der Waals surface area contributed by atoms with Gasteiger partial charge in [0.25, 0.3) is 0 Å². The monoisotopic (exact) mass is 457 g/mol. The molecule has 31 heavy (non-hydrogen) atoms. The molecule has 4 aromatic rings. The van der Waals surface area contributed by atoms with Crippen LogP contribution in [0.4, 0.5) is 26.3 Å². The Balaban J connectivity index is 0.00000272. The second-order valence-corrected chi connectivity index (χ2v) is 6.70. The van der Waals surface area contributed by atoms with Crippen LogP contribution >= 0.6 is 12.4 Å². The lowest BCUT2D eigenvalue weighted by Crippen LogP contribution is -2.06. The van der Waals surface area contributed by atoms with E-state index in [-0.39, 0.29) is 19.0 Å². The molecular formula is C21H14ClF6N3. The number of halogens is 7. The van der Waals surface area contributed by atoms with Crippen LogP contribution in [0.1, 0.15) is 16.7 Å². The third kappa shape index (κ3) is 4.82. The van der Waals surface area contributed by atoms with Gasteiger partial charge < -0.3 is 0 Å². The zero-order valence-electron chi connectivity index (χ0n) is 15.6. The predicted molar refractivity (Wildman–Crippen MR) is 106 cm³/mol. The number of benzene rings is 2. The van der Waals surface area contributed by atoms with Crippen molar-refractivity contribution < 1.29 is 26.3 Å². The van der Waals surface area contributed by atoms with Gasteiger partial charge in [-0.1, -0.05) is 24.3 Å². The van der Waals surface area contributed by atoms with E-state index >= 15 is 0 Å². The summed E-state index contributed by atoms with van der Waals surface area (Å²) < 4.78 is 78.7. The van der Waals surface area contributed by atoms with E-state index in [9.17, 15) is 26.3 Å². The molecule has 0 aliphatic rings. The number of fused-ring (bicyclic) bond motifs is 1. The Hall–Kier alpha value is -3.07.